The molecule has 1 N–H and O–H groups in total. The lowest BCUT2D eigenvalue weighted by Crippen LogP contribution is -2.37. The van der Waals surface area contributed by atoms with Crippen LogP contribution in [0.3, 0.4) is 0 Å². The van der Waals surface area contributed by atoms with E-state index >= 15 is 0 Å². The summed E-state index contributed by atoms with van der Waals surface area (Å²) >= 11 is 8.58. The minimum absolute atomic E-state index is 0.0416. The molecule has 1 fully saturated rings. The van der Waals surface area contributed by atoms with Crippen LogP contribution < -0.4 is 5.32 Å². The first-order valence-electron chi connectivity index (χ1n) is 10.3. The number of fused-ring (bicyclic) bond motifs is 1. The number of hydrogen-bond donors (Lipinski definition) is 1. The Bertz CT molecular complexity index is 1260. The number of amides is 1. The first-order valence-corrected chi connectivity index (χ1v) is 11.7. The van der Waals surface area contributed by atoms with Crippen molar-refractivity contribution >= 4 is 56.9 Å². The molecule has 1 aliphatic carbocycles. The number of oxazole rings is 1. The Morgan fingerprint density at radius 1 is 1.03 bits per heavy atom. The number of nitrogens with one attached hydrogen (secondary N) is 1. The molecule has 1 aromatic heterocycles. The van der Waals surface area contributed by atoms with Crippen LogP contribution in [0.25, 0.3) is 22.6 Å². The van der Waals surface area contributed by atoms with E-state index in [1.54, 1.807) is 0 Å². The molecule has 3 aromatic carbocycles. The Kier molecular flexibility index (Phi) is 5.48. The Morgan fingerprint density at radius 3 is 2.58 bits per heavy atom. The lowest BCUT2D eigenvalue weighted by atomic mass is 9.78. The number of anilines is 1. The predicted octanol–water partition coefficient (Wildman–Crippen LogP) is 7.20. The predicted molar refractivity (Wildman–Crippen MR) is 132 cm³/mol. The highest BCUT2D eigenvalue weighted by Crippen LogP contribution is 2.42. The van der Waals surface area contributed by atoms with E-state index in [1.807, 2.05) is 54.6 Å². The van der Waals surface area contributed by atoms with Gasteiger partial charge in [-0.1, -0.05) is 54.8 Å². The summed E-state index contributed by atoms with van der Waals surface area (Å²) in [5.41, 5.74) is 3.42. The van der Waals surface area contributed by atoms with E-state index in [2.05, 4.69) is 45.0 Å². The number of carbonyl (C=O) groups excluding carboxylic acids is 1. The third-order valence-corrected chi connectivity index (χ3v) is 7.02. The van der Waals surface area contributed by atoms with Gasteiger partial charge in [0.25, 0.3) is 0 Å². The van der Waals surface area contributed by atoms with E-state index in [4.69, 9.17) is 16.0 Å². The maximum atomic E-state index is 13.4. The molecule has 0 radical (unpaired) electrons. The molecule has 0 saturated heterocycles. The third kappa shape index (κ3) is 3.85. The lowest BCUT2D eigenvalue weighted by Gasteiger charge is -2.28. The molecule has 1 aliphatic rings. The Balaban J connectivity index is 1.46. The molecule has 0 bridgehead atoms. The molecule has 5 rings (SSSR count). The zero-order valence-corrected chi connectivity index (χ0v) is 19.6. The topological polar surface area (TPSA) is 55.1 Å². The van der Waals surface area contributed by atoms with Crippen molar-refractivity contribution in [3.05, 3.63) is 80.9 Å². The highest BCUT2D eigenvalue weighted by Gasteiger charge is 2.42. The van der Waals surface area contributed by atoms with Crippen LogP contribution in [0.5, 0.6) is 0 Å². The van der Waals surface area contributed by atoms with Crippen LogP contribution in [0.2, 0.25) is 5.02 Å². The fraction of sp³-hybridized carbons (Fsp3) is 0.200. The second-order valence-electron chi connectivity index (χ2n) is 7.94. The quantitative estimate of drug-likeness (QED) is 0.277. The Labute approximate surface area is 199 Å². The van der Waals surface area contributed by atoms with Gasteiger partial charge < -0.3 is 9.73 Å². The average Bonchev–Trinajstić information content (AvgIpc) is 3.44. The Morgan fingerprint density at radius 2 is 1.81 bits per heavy atom. The van der Waals surface area contributed by atoms with Gasteiger partial charge in [-0.15, -0.1) is 0 Å². The van der Waals surface area contributed by atoms with Crippen LogP contribution in [0.1, 0.15) is 31.2 Å². The summed E-state index contributed by atoms with van der Waals surface area (Å²) in [7, 11) is 0. The molecular formula is C25H20ClIN2O2. The van der Waals surface area contributed by atoms with Crippen LogP contribution in [0, 0.1) is 3.57 Å². The number of rotatable bonds is 4. The smallest absolute Gasteiger partial charge is 0.235 e. The maximum absolute atomic E-state index is 13.4. The number of nitrogens with zero attached hydrogens (tertiary/aromatic N) is 1. The van der Waals surface area contributed by atoms with Gasteiger partial charge in [0.15, 0.2) is 5.58 Å². The van der Waals surface area contributed by atoms with E-state index < -0.39 is 5.41 Å². The van der Waals surface area contributed by atoms with Crippen LogP contribution >= 0.6 is 34.2 Å². The maximum Gasteiger partial charge on any atom is 0.235 e. The fourth-order valence-corrected chi connectivity index (χ4v) is 5.10. The monoisotopic (exact) mass is 542 g/mol. The van der Waals surface area contributed by atoms with Crippen molar-refractivity contribution < 1.29 is 9.21 Å². The van der Waals surface area contributed by atoms with Gasteiger partial charge in [-0.2, -0.15) is 0 Å². The van der Waals surface area contributed by atoms with Gasteiger partial charge in [0.2, 0.25) is 11.8 Å². The minimum Gasteiger partial charge on any atom is -0.436 e. The molecule has 4 nitrogen and oxygen atoms in total. The van der Waals surface area contributed by atoms with E-state index in [0.29, 0.717) is 27.7 Å². The van der Waals surface area contributed by atoms with Gasteiger partial charge in [0, 0.05) is 9.26 Å². The minimum atomic E-state index is -0.473. The number of carbonyl (C=O) groups is 1. The summed E-state index contributed by atoms with van der Waals surface area (Å²) in [4.78, 5) is 18.0. The highest BCUT2D eigenvalue weighted by atomic mass is 127. The number of hydrogen-bond acceptors (Lipinski definition) is 3. The average molecular weight is 543 g/mol. The van der Waals surface area contributed by atoms with Gasteiger partial charge >= 0.3 is 0 Å². The zero-order chi connectivity index (χ0) is 21.4. The van der Waals surface area contributed by atoms with Crippen molar-refractivity contribution in [3.8, 4) is 11.5 Å². The van der Waals surface area contributed by atoms with Crippen LogP contribution in [-0.2, 0) is 10.2 Å². The second kappa shape index (κ2) is 8.28. The Hall–Kier alpha value is -2.38. The number of benzene rings is 3. The van der Waals surface area contributed by atoms with Crippen molar-refractivity contribution in [3.63, 3.8) is 0 Å². The van der Waals surface area contributed by atoms with E-state index in [1.165, 1.54) is 0 Å². The lowest BCUT2D eigenvalue weighted by molar-refractivity contribution is -0.121. The second-order valence-corrected chi connectivity index (χ2v) is 9.59. The number of halogens is 2. The van der Waals surface area contributed by atoms with Crippen molar-refractivity contribution in [1.82, 2.24) is 4.98 Å². The standard InChI is InChI=1S/C25H20ClIN2O2/c26-20-10-8-17(27)14-19(20)23-29-21-15-18(9-11-22(21)31-23)28-24(30)25(12-4-5-13-25)16-6-2-1-3-7-16/h1-3,6-11,14-15H,4-5,12-13H2,(H,28,30). The first-order chi connectivity index (χ1) is 15.0. The summed E-state index contributed by atoms with van der Waals surface area (Å²) in [5.74, 6) is 0.512. The van der Waals surface area contributed by atoms with Gasteiger partial charge in [-0.05, 0) is 77.4 Å². The van der Waals surface area contributed by atoms with Crippen molar-refractivity contribution in [2.45, 2.75) is 31.1 Å². The molecule has 1 amide bonds. The molecule has 0 spiro atoms. The van der Waals surface area contributed by atoms with E-state index in [-0.39, 0.29) is 5.91 Å². The molecule has 1 heterocycles. The van der Waals surface area contributed by atoms with Crippen molar-refractivity contribution in [2.75, 3.05) is 5.32 Å². The summed E-state index contributed by atoms with van der Waals surface area (Å²) in [5, 5.41) is 3.73. The largest absolute Gasteiger partial charge is 0.436 e. The number of aromatic nitrogens is 1. The van der Waals surface area contributed by atoms with Crippen LogP contribution in [0.4, 0.5) is 5.69 Å². The van der Waals surface area contributed by atoms with Gasteiger partial charge in [-0.3, -0.25) is 4.79 Å². The molecule has 4 aromatic rings. The summed E-state index contributed by atoms with van der Waals surface area (Å²) in [6.45, 7) is 0. The summed E-state index contributed by atoms with van der Waals surface area (Å²) < 4.78 is 6.98. The summed E-state index contributed by atoms with van der Waals surface area (Å²) in [6.07, 6.45) is 3.85. The molecule has 31 heavy (non-hydrogen) atoms. The molecule has 1 saturated carbocycles. The van der Waals surface area contributed by atoms with E-state index in [0.717, 1.165) is 40.4 Å². The summed E-state index contributed by atoms with van der Waals surface area (Å²) in [6, 6.07) is 21.4. The van der Waals surface area contributed by atoms with Gasteiger partial charge in [0.1, 0.15) is 5.52 Å². The molecule has 0 aliphatic heterocycles. The van der Waals surface area contributed by atoms with Crippen LogP contribution in [0.15, 0.2) is 71.1 Å². The zero-order valence-electron chi connectivity index (χ0n) is 16.7. The molecule has 0 unspecified atom stereocenters. The normalized spacial score (nSPS) is 15.3. The third-order valence-electron chi connectivity index (χ3n) is 6.02. The van der Waals surface area contributed by atoms with E-state index in [9.17, 15) is 4.79 Å². The van der Waals surface area contributed by atoms with Crippen molar-refractivity contribution in [2.24, 2.45) is 0 Å². The van der Waals surface area contributed by atoms with Gasteiger partial charge in [0.05, 0.1) is 16.0 Å². The molecule has 6 heteroatoms. The highest BCUT2D eigenvalue weighted by molar-refractivity contribution is 14.1. The van der Waals surface area contributed by atoms with Gasteiger partial charge in [-0.25, -0.2) is 4.98 Å². The fourth-order valence-electron chi connectivity index (χ4n) is 4.42. The molecular weight excluding hydrogens is 523 g/mol. The molecule has 0 atom stereocenters. The SMILES string of the molecule is O=C(Nc1ccc2oc(-c3cc(I)ccc3Cl)nc2c1)C1(c2ccccc2)CCCC1. The van der Waals surface area contributed by atoms with Crippen LogP contribution in [-0.4, -0.2) is 10.9 Å². The first kappa shape index (κ1) is 20.5. The molecule has 156 valence electrons. The van der Waals surface area contributed by atoms with Crippen molar-refractivity contribution in [1.29, 1.82) is 0 Å².